The molecule has 0 aromatic carbocycles. The molecule has 0 aliphatic heterocycles. The molecule has 1 aromatic rings. The summed E-state index contributed by atoms with van der Waals surface area (Å²) in [4.78, 5) is 17.7. The van der Waals surface area contributed by atoms with Crippen LogP contribution in [0, 0.1) is 0 Å². The number of carbonyl (C=O) groups is 1. The van der Waals surface area contributed by atoms with Gasteiger partial charge in [0, 0.05) is 30.5 Å². The Hall–Kier alpha value is -1.78. The topological polar surface area (TPSA) is 71.2 Å². The number of amides is 1. The van der Waals surface area contributed by atoms with Gasteiger partial charge < -0.3 is 16.0 Å². The average molecular weight is 262 g/mol. The first-order valence-corrected chi connectivity index (χ1v) is 6.95. The van der Waals surface area contributed by atoms with E-state index < -0.39 is 0 Å². The fourth-order valence-corrected chi connectivity index (χ4v) is 2.69. The SMILES string of the molecule is CCNc1cc(N(CC(N)=O)C2CCCC2)ccn1. The Kier molecular flexibility index (Phi) is 4.60. The number of primary amides is 1. The molecule has 1 aliphatic rings. The highest BCUT2D eigenvalue weighted by Gasteiger charge is 2.24. The highest BCUT2D eigenvalue weighted by atomic mass is 16.1. The molecule has 19 heavy (non-hydrogen) atoms. The highest BCUT2D eigenvalue weighted by molar-refractivity contribution is 5.80. The maximum absolute atomic E-state index is 11.3. The van der Waals surface area contributed by atoms with E-state index in [4.69, 9.17) is 5.73 Å². The molecule has 0 unspecified atom stereocenters. The maximum atomic E-state index is 11.3. The number of aromatic nitrogens is 1. The van der Waals surface area contributed by atoms with E-state index in [9.17, 15) is 4.79 Å². The van der Waals surface area contributed by atoms with Gasteiger partial charge in [0.1, 0.15) is 5.82 Å². The third-order valence-corrected chi connectivity index (χ3v) is 3.52. The molecule has 0 bridgehead atoms. The monoisotopic (exact) mass is 262 g/mol. The lowest BCUT2D eigenvalue weighted by molar-refractivity contribution is -0.116. The molecule has 0 saturated heterocycles. The van der Waals surface area contributed by atoms with Crippen LogP contribution >= 0.6 is 0 Å². The summed E-state index contributed by atoms with van der Waals surface area (Å²) in [5.41, 5.74) is 6.41. The van der Waals surface area contributed by atoms with Gasteiger partial charge in [-0.15, -0.1) is 0 Å². The lowest BCUT2D eigenvalue weighted by Crippen LogP contribution is -2.40. The molecular weight excluding hydrogens is 240 g/mol. The lowest BCUT2D eigenvalue weighted by Gasteiger charge is -2.30. The van der Waals surface area contributed by atoms with Gasteiger partial charge in [-0.05, 0) is 25.8 Å². The summed E-state index contributed by atoms with van der Waals surface area (Å²) in [6.07, 6.45) is 6.49. The van der Waals surface area contributed by atoms with E-state index in [1.165, 1.54) is 12.8 Å². The van der Waals surface area contributed by atoms with Crippen molar-refractivity contribution in [1.29, 1.82) is 0 Å². The fourth-order valence-electron chi connectivity index (χ4n) is 2.69. The number of carbonyl (C=O) groups excluding carboxylic acids is 1. The fraction of sp³-hybridized carbons (Fsp3) is 0.571. The molecule has 1 aromatic heterocycles. The van der Waals surface area contributed by atoms with Crippen LogP contribution in [0.25, 0.3) is 0 Å². The summed E-state index contributed by atoms with van der Waals surface area (Å²) in [5.74, 6) is 0.557. The normalized spacial score (nSPS) is 15.4. The molecule has 2 rings (SSSR count). The Morgan fingerprint density at radius 2 is 2.26 bits per heavy atom. The molecule has 5 nitrogen and oxygen atoms in total. The predicted octanol–water partition coefficient (Wildman–Crippen LogP) is 1.75. The Bertz CT molecular complexity index is 429. The number of nitrogens with zero attached hydrogens (tertiary/aromatic N) is 2. The van der Waals surface area contributed by atoms with Crippen molar-refractivity contribution < 1.29 is 4.79 Å². The first-order chi connectivity index (χ1) is 9.20. The summed E-state index contributed by atoms with van der Waals surface area (Å²) in [6, 6.07) is 4.36. The van der Waals surface area contributed by atoms with Crippen LogP contribution in [0.3, 0.4) is 0 Å². The molecular formula is C14H22N4O. The summed E-state index contributed by atoms with van der Waals surface area (Å²) in [5, 5.41) is 3.19. The van der Waals surface area contributed by atoms with Gasteiger partial charge in [-0.2, -0.15) is 0 Å². The first-order valence-electron chi connectivity index (χ1n) is 6.95. The number of hydrogen-bond acceptors (Lipinski definition) is 4. The summed E-state index contributed by atoms with van der Waals surface area (Å²) >= 11 is 0. The maximum Gasteiger partial charge on any atom is 0.236 e. The molecule has 0 spiro atoms. The van der Waals surface area contributed by atoms with E-state index in [2.05, 4.69) is 15.2 Å². The van der Waals surface area contributed by atoms with Crippen molar-refractivity contribution >= 4 is 17.4 Å². The Morgan fingerprint density at radius 3 is 2.89 bits per heavy atom. The zero-order valence-corrected chi connectivity index (χ0v) is 11.4. The number of hydrogen-bond donors (Lipinski definition) is 2. The minimum absolute atomic E-state index is 0.278. The lowest BCUT2D eigenvalue weighted by atomic mass is 10.2. The number of nitrogens with two attached hydrogens (primary N) is 1. The molecule has 3 N–H and O–H groups in total. The van der Waals surface area contributed by atoms with Crippen molar-refractivity contribution in [2.45, 2.75) is 38.6 Å². The van der Waals surface area contributed by atoms with E-state index in [0.29, 0.717) is 6.04 Å². The quantitative estimate of drug-likeness (QED) is 0.819. The second kappa shape index (κ2) is 6.41. The molecule has 104 valence electrons. The van der Waals surface area contributed by atoms with Crippen LogP contribution in [0.4, 0.5) is 11.5 Å². The number of nitrogens with one attached hydrogen (secondary N) is 1. The Balaban J connectivity index is 2.20. The van der Waals surface area contributed by atoms with Crippen LogP contribution < -0.4 is 16.0 Å². The number of rotatable bonds is 6. The van der Waals surface area contributed by atoms with Crippen molar-refractivity contribution in [3.63, 3.8) is 0 Å². The van der Waals surface area contributed by atoms with Crippen molar-refractivity contribution in [3.05, 3.63) is 18.3 Å². The van der Waals surface area contributed by atoms with Gasteiger partial charge in [-0.3, -0.25) is 4.79 Å². The van der Waals surface area contributed by atoms with Crippen molar-refractivity contribution in [2.75, 3.05) is 23.3 Å². The molecule has 1 fully saturated rings. The summed E-state index contributed by atoms with van der Waals surface area (Å²) in [7, 11) is 0. The largest absolute Gasteiger partial charge is 0.370 e. The van der Waals surface area contributed by atoms with E-state index in [-0.39, 0.29) is 12.5 Å². The molecule has 1 aliphatic carbocycles. The van der Waals surface area contributed by atoms with Gasteiger partial charge in [0.2, 0.25) is 5.91 Å². The molecule has 1 saturated carbocycles. The zero-order valence-electron chi connectivity index (χ0n) is 11.4. The van der Waals surface area contributed by atoms with E-state index >= 15 is 0 Å². The molecule has 1 heterocycles. The zero-order chi connectivity index (χ0) is 13.7. The second-order valence-electron chi connectivity index (χ2n) is 4.96. The Labute approximate surface area is 114 Å². The Morgan fingerprint density at radius 1 is 1.53 bits per heavy atom. The van der Waals surface area contributed by atoms with E-state index in [1.807, 2.05) is 19.1 Å². The summed E-state index contributed by atoms with van der Waals surface area (Å²) in [6.45, 7) is 3.14. The van der Waals surface area contributed by atoms with Crippen LogP contribution in [0.2, 0.25) is 0 Å². The van der Waals surface area contributed by atoms with Crippen LogP contribution in [-0.2, 0) is 4.79 Å². The van der Waals surface area contributed by atoms with Crippen LogP contribution in [0.15, 0.2) is 18.3 Å². The van der Waals surface area contributed by atoms with Gasteiger partial charge in [0.05, 0.1) is 6.54 Å². The molecule has 0 atom stereocenters. The second-order valence-corrected chi connectivity index (χ2v) is 4.96. The third-order valence-electron chi connectivity index (χ3n) is 3.52. The molecule has 5 heteroatoms. The van der Waals surface area contributed by atoms with Gasteiger partial charge in [-0.1, -0.05) is 12.8 Å². The van der Waals surface area contributed by atoms with Crippen LogP contribution in [-0.4, -0.2) is 30.0 Å². The number of anilines is 2. The van der Waals surface area contributed by atoms with Crippen LogP contribution in [0.5, 0.6) is 0 Å². The predicted molar refractivity (Wildman–Crippen MR) is 77.2 cm³/mol. The van der Waals surface area contributed by atoms with E-state index in [1.54, 1.807) is 6.20 Å². The minimum Gasteiger partial charge on any atom is -0.370 e. The van der Waals surface area contributed by atoms with Crippen LogP contribution in [0.1, 0.15) is 32.6 Å². The van der Waals surface area contributed by atoms with Gasteiger partial charge in [-0.25, -0.2) is 4.98 Å². The third kappa shape index (κ3) is 3.59. The minimum atomic E-state index is -0.284. The van der Waals surface area contributed by atoms with Crippen molar-refractivity contribution in [3.8, 4) is 0 Å². The smallest absolute Gasteiger partial charge is 0.236 e. The molecule has 1 amide bonds. The first kappa shape index (κ1) is 13.6. The van der Waals surface area contributed by atoms with Crippen molar-refractivity contribution in [2.24, 2.45) is 5.73 Å². The van der Waals surface area contributed by atoms with E-state index in [0.717, 1.165) is 30.9 Å². The highest BCUT2D eigenvalue weighted by Crippen LogP contribution is 2.28. The summed E-state index contributed by atoms with van der Waals surface area (Å²) < 4.78 is 0. The van der Waals surface area contributed by atoms with Gasteiger partial charge >= 0.3 is 0 Å². The van der Waals surface area contributed by atoms with Crippen molar-refractivity contribution in [1.82, 2.24) is 4.98 Å². The number of pyridine rings is 1. The standard InChI is InChI=1S/C14H22N4O/c1-2-16-14-9-12(7-8-17-14)18(10-13(15)19)11-5-3-4-6-11/h7-9,11H,2-6,10H2,1H3,(H2,15,19)(H,16,17). The molecule has 0 radical (unpaired) electrons. The van der Waals surface area contributed by atoms with Gasteiger partial charge in [0.25, 0.3) is 0 Å². The average Bonchev–Trinajstić information content (AvgIpc) is 2.90. The van der Waals surface area contributed by atoms with Gasteiger partial charge in [0.15, 0.2) is 0 Å².